The molecule has 2 aromatic carbocycles. The van der Waals surface area contributed by atoms with Gasteiger partial charge in [-0.05, 0) is 31.0 Å². The Bertz CT molecular complexity index is 980. The fourth-order valence-corrected chi connectivity index (χ4v) is 2.48. The van der Waals surface area contributed by atoms with E-state index >= 15 is 0 Å². The zero-order chi connectivity index (χ0) is 22.4. The van der Waals surface area contributed by atoms with Crippen molar-refractivity contribution in [2.45, 2.75) is 20.5 Å². The van der Waals surface area contributed by atoms with E-state index in [0.29, 0.717) is 11.8 Å². The molecule has 0 saturated carbocycles. The van der Waals surface area contributed by atoms with Crippen LogP contribution < -0.4 is 14.8 Å². The fourth-order valence-electron chi connectivity index (χ4n) is 2.48. The normalized spacial score (nSPS) is 10.5. The van der Waals surface area contributed by atoms with Gasteiger partial charge in [0.05, 0.1) is 18.1 Å². The third-order valence-corrected chi connectivity index (χ3v) is 3.92. The molecule has 1 N–H and O–H groups in total. The van der Waals surface area contributed by atoms with E-state index in [-0.39, 0.29) is 5.75 Å². The van der Waals surface area contributed by atoms with Crippen LogP contribution in [0.1, 0.15) is 21.5 Å². The molecule has 30 heavy (non-hydrogen) atoms. The molecule has 0 radical (unpaired) electrons. The number of aryl methyl sites for hydroxylation is 2. The Labute approximate surface area is 169 Å². The number of benzene rings is 2. The number of nitrogens with one attached hydrogen (secondary N) is 1. The Morgan fingerprint density at radius 3 is 2.47 bits per heavy atom. The van der Waals surface area contributed by atoms with Gasteiger partial charge < -0.3 is 19.5 Å². The summed E-state index contributed by atoms with van der Waals surface area (Å²) in [7, 11) is 1.10. The summed E-state index contributed by atoms with van der Waals surface area (Å²) >= 11 is 0. The second kappa shape index (κ2) is 9.63. The molecule has 0 aliphatic carbocycles. The number of anilines is 1. The molecule has 0 aliphatic heterocycles. The van der Waals surface area contributed by atoms with Gasteiger partial charge in [0.25, 0.3) is 11.6 Å². The summed E-state index contributed by atoms with van der Waals surface area (Å²) in [4.78, 5) is 34.7. The molecule has 0 spiro atoms. The summed E-state index contributed by atoms with van der Waals surface area (Å²) in [6.07, 6.45) is 0. The lowest BCUT2D eigenvalue weighted by Crippen LogP contribution is -2.22. The van der Waals surface area contributed by atoms with Gasteiger partial charge in [-0.15, -0.1) is 0 Å². The first-order chi connectivity index (χ1) is 14.1. The van der Waals surface area contributed by atoms with E-state index in [1.54, 1.807) is 19.1 Å². The second-order valence-electron chi connectivity index (χ2n) is 6.10. The Hall–Kier alpha value is -3.76. The molecule has 0 fully saturated rings. The van der Waals surface area contributed by atoms with Crippen molar-refractivity contribution in [1.82, 2.24) is 0 Å². The van der Waals surface area contributed by atoms with Crippen LogP contribution in [-0.2, 0) is 9.53 Å². The van der Waals surface area contributed by atoms with Crippen LogP contribution in [0.2, 0.25) is 0 Å². The molecular weight excluding hydrogens is 406 g/mol. The third kappa shape index (κ3) is 5.63. The number of nitro benzene ring substituents is 1. The molecule has 2 rings (SSSR count). The summed E-state index contributed by atoms with van der Waals surface area (Å²) in [5.74, 6) is -2.83. The molecule has 0 atom stereocenters. The number of rotatable bonds is 8. The van der Waals surface area contributed by atoms with Gasteiger partial charge in [0.2, 0.25) is 0 Å². The quantitative estimate of drug-likeness (QED) is 0.391. The van der Waals surface area contributed by atoms with Gasteiger partial charge in [-0.25, -0.2) is 4.79 Å². The largest absolute Gasteiger partial charge is 0.493 e. The third-order valence-electron chi connectivity index (χ3n) is 3.92. The van der Waals surface area contributed by atoms with Crippen molar-refractivity contribution in [2.75, 3.05) is 19.0 Å². The van der Waals surface area contributed by atoms with Crippen LogP contribution in [0.15, 0.2) is 30.3 Å². The SMILES string of the molecule is COc1cc(C(=O)OCC(=O)Nc2cc(C)ccc2C)c([N+](=O)[O-])cc1OC(F)F. The minimum absolute atomic E-state index is 0.340. The van der Waals surface area contributed by atoms with Crippen molar-refractivity contribution >= 4 is 23.3 Å². The molecule has 160 valence electrons. The topological polar surface area (TPSA) is 117 Å². The van der Waals surface area contributed by atoms with E-state index in [1.807, 2.05) is 13.0 Å². The Kier molecular flexibility index (Phi) is 7.23. The van der Waals surface area contributed by atoms with Crippen molar-refractivity contribution in [3.8, 4) is 11.5 Å². The van der Waals surface area contributed by atoms with Crippen LogP contribution in [0.3, 0.4) is 0 Å². The highest BCUT2D eigenvalue weighted by atomic mass is 19.3. The first-order valence-electron chi connectivity index (χ1n) is 8.47. The standard InChI is InChI=1S/C19H18F2N2O7/c1-10-4-5-11(2)13(6-10)22-17(24)9-29-18(25)12-7-15(28-3)16(30-19(20)21)8-14(12)23(26)27/h4-8,19H,9H2,1-3H3,(H,22,24). The van der Waals surface area contributed by atoms with E-state index in [4.69, 9.17) is 9.47 Å². The average Bonchev–Trinajstić information content (AvgIpc) is 2.68. The zero-order valence-electron chi connectivity index (χ0n) is 16.2. The van der Waals surface area contributed by atoms with Gasteiger partial charge in [-0.2, -0.15) is 8.78 Å². The highest BCUT2D eigenvalue weighted by Gasteiger charge is 2.27. The van der Waals surface area contributed by atoms with Gasteiger partial charge in [0.15, 0.2) is 18.1 Å². The summed E-state index contributed by atoms with van der Waals surface area (Å²) < 4.78 is 38.8. The van der Waals surface area contributed by atoms with Gasteiger partial charge in [-0.3, -0.25) is 14.9 Å². The van der Waals surface area contributed by atoms with Crippen molar-refractivity contribution in [2.24, 2.45) is 0 Å². The highest BCUT2D eigenvalue weighted by molar-refractivity contribution is 5.98. The molecule has 9 nitrogen and oxygen atoms in total. The molecule has 0 aromatic heterocycles. The number of esters is 1. The first kappa shape index (κ1) is 22.5. The van der Waals surface area contributed by atoms with Crippen molar-refractivity contribution in [3.05, 3.63) is 57.1 Å². The Morgan fingerprint density at radius 1 is 1.17 bits per heavy atom. The molecule has 0 saturated heterocycles. The molecule has 0 bridgehead atoms. The number of methoxy groups -OCH3 is 1. The Morgan fingerprint density at radius 2 is 1.87 bits per heavy atom. The maximum Gasteiger partial charge on any atom is 0.387 e. The maximum atomic E-state index is 12.5. The van der Waals surface area contributed by atoms with Crippen molar-refractivity contribution in [3.63, 3.8) is 0 Å². The molecule has 2 aromatic rings. The van der Waals surface area contributed by atoms with Crippen molar-refractivity contribution < 1.29 is 37.5 Å². The Balaban J connectivity index is 2.18. The minimum Gasteiger partial charge on any atom is -0.493 e. The van der Waals surface area contributed by atoms with Crippen LogP contribution in [-0.4, -0.2) is 37.1 Å². The summed E-state index contributed by atoms with van der Waals surface area (Å²) in [5, 5.41) is 13.8. The minimum atomic E-state index is -3.26. The lowest BCUT2D eigenvalue weighted by Gasteiger charge is -2.12. The molecular formula is C19H18F2N2O7. The fraction of sp³-hybridized carbons (Fsp3) is 0.263. The van der Waals surface area contributed by atoms with E-state index in [9.17, 15) is 28.5 Å². The number of carbonyl (C=O) groups excluding carboxylic acids is 2. The lowest BCUT2D eigenvalue weighted by molar-refractivity contribution is -0.385. The average molecular weight is 424 g/mol. The smallest absolute Gasteiger partial charge is 0.387 e. The van der Waals surface area contributed by atoms with Gasteiger partial charge >= 0.3 is 12.6 Å². The van der Waals surface area contributed by atoms with Crippen LogP contribution >= 0.6 is 0 Å². The predicted octanol–water partition coefficient (Wildman–Crippen LogP) is 3.62. The predicted molar refractivity (Wildman–Crippen MR) is 101 cm³/mol. The van der Waals surface area contributed by atoms with E-state index < -0.39 is 47.0 Å². The number of carbonyl (C=O) groups is 2. The van der Waals surface area contributed by atoms with Crippen LogP contribution in [0.5, 0.6) is 11.5 Å². The number of alkyl halides is 2. The number of nitro groups is 1. The van der Waals surface area contributed by atoms with Crippen LogP contribution in [0, 0.1) is 24.0 Å². The molecule has 0 aliphatic rings. The number of amides is 1. The highest BCUT2D eigenvalue weighted by Crippen LogP contribution is 2.36. The van der Waals surface area contributed by atoms with E-state index in [0.717, 1.165) is 24.3 Å². The monoisotopic (exact) mass is 424 g/mol. The molecule has 0 unspecified atom stereocenters. The zero-order valence-corrected chi connectivity index (χ0v) is 16.2. The van der Waals surface area contributed by atoms with Gasteiger partial charge in [0.1, 0.15) is 5.56 Å². The van der Waals surface area contributed by atoms with E-state index in [2.05, 4.69) is 10.1 Å². The summed E-state index contributed by atoms with van der Waals surface area (Å²) in [6, 6.07) is 6.85. The van der Waals surface area contributed by atoms with Crippen LogP contribution in [0.4, 0.5) is 20.2 Å². The number of hydrogen-bond acceptors (Lipinski definition) is 7. The maximum absolute atomic E-state index is 12.5. The number of nitrogens with zero attached hydrogens (tertiary/aromatic N) is 1. The number of halogens is 2. The second-order valence-corrected chi connectivity index (χ2v) is 6.10. The van der Waals surface area contributed by atoms with Crippen LogP contribution in [0.25, 0.3) is 0 Å². The lowest BCUT2D eigenvalue weighted by atomic mass is 10.1. The van der Waals surface area contributed by atoms with Gasteiger partial charge in [-0.1, -0.05) is 12.1 Å². The molecule has 0 heterocycles. The van der Waals surface area contributed by atoms with E-state index in [1.165, 1.54) is 0 Å². The molecule has 1 amide bonds. The summed E-state index contributed by atoms with van der Waals surface area (Å²) in [6.45, 7) is -0.367. The molecule has 11 heteroatoms. The van der Waals surface area contributed by atoms with Gasteiger partial charge in [0, 0.05) is 11.8 Å². The number of ether oxygens (including phenoxy) is 3. The van der Waals surface area contributed by atoms with Crippen molar-refractivity contribution in [1.29, 1.82) is 0 Å². The summed E-state index contributed by atoms with van der Waals surface area (Å²) in [5.41, 5.74) is 0.790. The number of hydrogen-bond donors (Lipinski definition) is 1. The first-order valence-corrected chi connectivity index (χ1v) is 8.47.